The summed E-state index contributed by atoms with van der Waals surface area (Å²) in [5, 5.41) is 11.1. The first kappa shape index (κ1) is 19.5. The number of benzene rings is 2. The van der Waals surface area contributed by atoms with Gasteiger partial charge in [0.15, 0.2) is 0 Å². The molecule has 142 valence electrons. The minimum absolute atomic E-state index is 0.101. The van der Waals surface area contributed by atoms with Crippen LogP contribution >= 0.6 is 0 Å². The molecule has 0 atom stereocenters. The van der Waals surface area contributed by atoms with Crippen molar-refractivity contribution in [2.75, 3.05) is 0 Å². The summed E-state index contributed by atoms with van der Waals surface area (Å²) in [6, 6.07) is 12.8. The van der Waals surface area contributed by atoms with E-state index in [-0.39, 0.29) is 5.41 Å². The fourth-order valence-electron chi connectivity index (χ4n) is 4.34. The average Bonchev–Trinajstić information content (AvgIpc) is 2.78. The molecule has 0 heterocycles. The Morgan fingerprint density at radius 1 is 0.778 bits per heavy atom. The van der Waals surface area contributed by atoms with Crippen LogP contribution in [0.25, 0.3) is 11.1 Å². The maximum Gasteiger partial charge on any atom is 0.127 e. The van der Waals surface area contributed by atoms with E-state index in [4.69, 9.17) is 0 Å². The number of hydrogen-bond donors (Lipinski definition) is 1. The normalized spacial score (nSPS) is 15.9. The molecule has 3 rings (SSSR count). The van der Waals surface area contributed by atoms with Gasteiger partial charge in [0, 0.05) is 11.5 Å². The van der Waals surface area contributed by atoms with Gasteiger partial charge in [-0.05, 0) is 67.9 Å². The van der Waals surface area contributed by atoms with Gasteiger partial charge in [0.1, 0.15) is 5.75 Å². The summed E-state index contributed by atoms with van der Waals surface area (Å²) in [7, 11) is 0. The lowest BCUT2D eigenvalue weighted by Gasteiger charge is -2.25. The average molecular weight is 361 g/mol. The van der Waals surface area contributed by atoms with Crippen LogP contribution in [-0.2, 0) is 5.41 Å². The van der Waals surface area contributed by atoms with E-state index in [1.165, 1.54) is 33.4 Å². The van der Waals surface area contributed by atoms with E-state index in [1.54, 1.807) is 0 Å². The van der Waals surface area contributed by atoms with Crippen LogP contribution in [0.4, 0.5) is 0 Å². The third-order valence-corrected chi connectivity index (χ3v) is 6.27. The van der Waals surface area contributed by atoms with E-state index in [2.05, 4.69) is 85.7 Å². The van der Waals surface area contributed by atoms with Crippen molar-refractivity contribution >= 4 is 0 Å². The van der Waals surface area contributed by atoms with Gasteiger partial charge in [0.25, 0.3) is 0 Å². The zero-order valence-corrected chi connectivity index (χ0v) is 18.0. The predicted molar refractivity (Wildman–Crippen MR) is 116 cm³/mol. The number of phenols is 1. The smallest absolute Gasteiger partial charge is 0.127 e. The maximum absolute atomic E-state index is 11.1. The molecule has 2 aromatic carbocycles. The molecular formula is C26H32O. The third kappa shape index (κ3) is 3.25. The summed E-state index contributed by atoms with van der Waals surface area (Å²) in [6.07, 6.45) is 0. The molecular weight excluding hydrogens is 328 g/mol. The Bertz CT molecular complexity index is 940. The Balaban J connectivity index is 2.28. The Hall–Kier alpha value is -2.28. The van der Waals surface area contributed by atoms with Gasteiger partial charge >= 0.3 is 0 Å². The van der Waals surface area contributed by atoms with Gasteiger partial charge in [-0.1, -0.05) is 73.9 Å². The van der Waals surface area contributed by atoms with Crippen molar-refractivity contribution < 1.29 is 5.11 Å². The minimum Gasteiger partial charge on any atom is -0.507 e. The molecule has 1 N–H and O–H groups in total. The molecule has 0 bridgehead atoms. The summed E-state index contributed by atoms with van der Waals surface area (Å²) >= 11 is 0. The SMILES string of the molecule is CC1=C(C)C(c2ccc(C)cc2-c2cccc(C(C)(C)C)c2O)C(C)=C1C. The number of hydrogen-bond acceptors (Lipinski definition) is 1. The van der Waals surface area contributed by atoms with E-state index in [0.717, 1.165) is 16.7 Å². The van der Waals surface area contributed by atoms with E-state index < -0.39 is 0 Å². The molecule has 1 nitrogen and oxygen atoms in total. The number of aromatic hydroxyl groups is 1. The summed E-state index contributed by atoms with van der Waals surface area (Å²) in [6.45, 7) is 17.5. The highest BCUT2D eigenvalue weighted by molar-refractivity contribution is 5.78. The van der Waals surface area contributed by atoms with Crippen molar-refractivity contribution in [3.05, 3.63) is 75.4 Å². The lowest BCUT2D eigenvalue weighted by molar-refractivity contribution is 0.448. The van der Waals surface area contributed by atoms with Gasteiger partial charge in [-0.25, -0.2) is 0 Å². The Kier molecular flexibility index (Phi) is 4.84. The molecule has 1 aliphatic rings. The second-order valence-electron chi connectivity index (χ2n) is 9.09. The quantitative estimate of drug-likeness (QED) is 0.590. The summed E-state index contributed by atoms with van der Waals surface area (Å²) in [5.74, 6) is 0.699. The molecule has 27 heavy (non-hydrogen) atoms. The molecule has 0 amide bonds. The lowest BCUT2D eigenvalue weighted by atomic mass is 9.80. The largest absolute Gasteiger partial charge is 0.507 e. The summed E-state index contributed by atoms with van der Waals surface area (Å²) < 4.78 is 0. The van der Waals surface area contributed by atoms with E-state index in [9.17, 15) is 5.11 Å². The molecule has 0 saturated heterocycles. The van der Waals surface area contributed by atoms with Crippen molar-refractivity contribution in [2.24, 2.45) is 0 Å². The molecule has 0 aliphatic heterocycles. The first-order valence-corrected chi connectivity index (χ1v) is 9.82. The molecule has 1 heteroatoms. The van der Waals surface area contributed by atoms with E-state index in [0.29, 0.717) is 11.7 Å². The van der Waals surface area contributed by atoms with Crippen LogP contribution < -0.4 is 0 Å². The monoisotopic (exact) mass is 360 g/mol. The molecule has 0 unspecified atom stereocenters. The van der Waals surface area contributed by atoms with Crippen molar-refractivity contribution in [3.63, 3.8) is 0 Å². The van der Waals surface area contributed by atoms with E-state index in [1.807, 2.05) is 6.07 Å². The molecule has 1 aliphatic carbocycles. The lowest BCUT2D eigenvalue weighted by Crippen LogP contribution is -2.11. The molecule has 0 spiro atoms. The number of para-hydroxylation sites is 1. The standard InChI is InChI=1S/C26H32O/c1-15-12-13-20(24-18(4)16(2)17(3)19(24)5)22(14-15)21-10-9-11-23(25(21)27)26(6,7)8/h9-14,24,27H,1-8H3. The molecule has 0 fully saturated rings. The topological polar surface area (TPSA) is 20.2 Å². The first-order chi connectivity index (χ1) is 12.5. The Morgan fingerprint density at radius 3 is 1.93 bits per heavy atom. The highest BCUT2D eigenvalue weighted by Gasteiger charge is 2.29. The van der Waals surface area contributed by atoms with Crippen LogP contribution in [0.5, 0.6) is 5.75 Å². The predicted octanol–water partition coefficient (Wildman–Crippen LogP) is 7.44. The van der Waals surface area contributed by atoms with E-state index >= 15 is 0 Å². The Labute approximate surface area is 164 Å². The highest BCUT2D eigenvalue weighted by Crippen LogP contribution is 2.48. The van der Waals surface area contributed by atoms with Crippen LogP contribution in [0.1, 0.15) is 71.1 Å². The fourth-order valence-corrected chi connectivity index (χ4v) is 4.34. The van der Waals surface area contributed by atoms with Gasteiger partial charge < -0.3 is 5.11 Å². The van der Waals surface area contributed by atoms with Gasteiger partial charge in [-0.3, -0.25) is 0 Å². The zero-order chi connectivity index (χ0) is 20.1. The summed E-state index contributed by atoms with van der Waals surface area (Å²) in [5.41, 5.74) is 11.1. The second kappa shape index (κ2) is 6.71. The number of allylic oxidation sites excluding steroid dienone is 4. The first-order valence-electron chi connectivity index (χ1n) is 9.82. The fraction of sp³-hybridized carbons (Fsp3) is 0.385. The second-order valence-corrected chi connectivity index (χ2v) is 9.09. The molecule has 0 aromatic heterocycles. The van der Waals surface area contributed by atoms with Crippen molar-refractivity contribution in [1.29, 1.82) is 0 Å². The van der Waals surface area contributed by atoms with Crippen molar-refractivity contribution in [2.45, 2.75) is 66.7 Å². The minimum atomic E-state index is -0.101. The van der Waals surface area contributed by atoms with Crippen LogP contribution in [-0.4, -0.2) is 5.11 Å². The van der Waals surface area contributed by atoms with Gasteiger partial charge in [0.05, 0.1) is 0 Å². The van der Waals surface area contributed by atoms with Crippen LogP contribution in [0.2, 0.25) is 0 Å². The van der Waals surface area contributed by atoms with Gasteiger partial charge in [0.2, 0.25) is 0 Å². The third-order valence-electron chi connectivity index (χ3n) is 6.27. The van der Waals surface area contributed by atoms with Crippen molar-refractivity contribution in [3.8, 4) is 16.9 Å². The number of aryl methyl sites for hydroxylation is 1. The van der Waals surface area contributed by atoms with Gasteiger partial charge in [-0.2, -0.15) is 0 Å². The van der Waals surface area contributed by atoms with Crippen LogP contribution in [0.15, 0.2) is 58.7 Å². The number of rotatable bonds is 2. The van der Waals surface area contributed by atoms with Crippen molar-refractivity contribution in [1.82, 2.24) is 0 Å². The molecule has 2 aromatic rings. The highest BCUT2D eigenvalue weighted by atomic mass is 16.3. The molecule has 0 saturated carbocycles. The van der Waals surface area contributed by atoms with Crippen LogP contribution in [0.3, 0.4) is 0 Å². The Morgan fingerprint density at radius 2 is 1.37 bits per heavy atom. The maximum atomic E-state index is 11.1. The van der Waals surface area contributed by atoms with Gasteiger partial charge in [-0.15, -0.1) is 0 Å². The zero-order valence-electron chi connectivity index (χ0n) is 18.0. The van der Waals surface area contributed by atoms with Crippen LogP contribution in [0, 0.1) is 6.92 Å². The summed E-state index contributed by atoms with van der Waals surface area (Å²) in [4.78, 5) is 0. The molecule has 0 radical (unpaired) electrons. The number of phenolic OH excluding ortho intramolecular Hbond substituents is 1.